The number of hydrogen-bond donors (Lipinski definition) is 0. The van der Waals surface area contributed by atoms with Crippen molar-refractivity contribution in [1.82, 2.24) is 4.90 Å². The number of benzene rings is 2. The van der Waals surface area contributed by atoms with Gasteiger partial charge < -0.3 is 24.0 Å². The van der Waals surface area contributed by atoms with Crippen molar-refractivity contribution >= 4 is 33.5 Å². The van der Waals surface area contributed by atoms with Gasteiger partial charge in [0.2, 0.25) is 0 Å². The molecule has 166 valence electrons. The number of hydrogen-bond acceptors (Lipinski definition) is 6. The summed E-state index contributed by atoms with van der Waals surface area (Å²) in [5.74, 6) is 0.144. The van der Waals surface area contributed by atoms with Crippen molar-refractivity contribution in [2.75, 3.05) is 44.8 Å². The molecule has 7 nitrogen and oxygen atoms in total. The Hall–Kier alpha value is -2.74. The van der Waals surface area contributed by atoms with Crippen LogP contribution in [0.2, 0.25) is 0 Å². The summed E-state index contributed by atoms with van der Waals surface area (Å²) in [6, 6.07) is 13.3. The molecule has 1 saturated heterocycles. The zero-order valence-electron chi connectivity index (χ0n) is 18.0. The van der Waals surface area contributed by atoms with Gasteiger partial charge in [0, 0.05) is 31.9 Å². The van der Waals surface area contributed by atoms with Gasteiger partial charge in [-0.15, -0.1) is 0 Å². The maximum atomic E-state index is 12.8. The third kappa shape index (κ3) is 5.50. The minimum absolute atomic E-state index is 0.196. The van der Waals surface area contributed by atoms with Crippen LogP contribution in [-0.2, 0) is 9.53 Å². The first-order valence-electron chi connectivity index (χ1n) is 10.2. The van der Waals surface area contributed by atoms with Crippen LogP contribution in [0.15, 0.2) is 46.9 Å². The van der Waals surface area contributed by atoms with Crippen molar-refractivity contribution in [3.8, 4) is 11.5 Å². The van der Waals surface area contributed by atoms with Crippen molar-refractivity contribution in [2.24, 2.45) is 0 Å². The van der Waals surface area contributed by atoms with Crippen LogP contribution >= 0.6 is 15.9 Å². The molecular formula is C23H27BrN2O5. The number of carbonyl (C=O) groups excluding carboxylic acids is 2. The lowest BCUT2D eigenvalue weighted by Crippen LogP contribution is -2.51. The fourth-order valence-electron chi connectivity index (χ4n) is 3.48. The molecule has 1 amide bonds. The highest BCUT2D eigenvalue weighted by molar-refractivity contribution is 9.10. The van der Waals surface area contributed by atoms with E-state index in [1.165, 1.54) is 7.11 Å². The molecule has 2 aromatic rings. The molecule has 0 spiro atoms. The number of carbonyl (C=O) groups is 2. The van der Waals surface area contributed by atoms with E-state index in [1.807, 2.05) is 25.1 Å². The molecule has 1 aliphatic heterocycles. The van der Waals surface area contributed by atoms with E-state index in [9.17, 15) is 9.59 Å². The number of methoxy groups -OCH3 is 1. The lowest BCUT2D eigenvalue weighted by Gasteiger charge is -2.37. The lowest BCUT2D eigenvalue weighted by molar-refractivity contribution is -0.140. The Kier molecular flexibility index (Phi) is 7.79. The second-order valence-electron chi connectivity index (χ2n) is 7.12. The normalized spacial score (nSPS) is 14.7. The first-order chi connectivity index (χ1) is 14.9. The monoisotopic (exact) mass is 490 g/mol. The number of anilines is 1. The third-order valence-corrected chi connectivity index (χ3v) is 5.69. The molecule has 0 N–H and O–H groups in total. The molecule has 31 heavy (non-hydrogen) atoms. The largest absolute Gasteiger partial charge is 0.493 e. The molecule has 3 rings (SSSR count). The van der Waals surface area contributed by atoms with Gasteiger partial charge in [0.15, 0.2) is 17.6 Å². The minimum Gasteiger partial charge on any atom is -0.493 e. The molecule has 0 bridgehead atoms. The predicted molar refractivity (Wildman–Crippen MR) is 122 cm³/mol. The summed E-state index contributed by atoms with van der Waals surface area (Å²) in [4.78, 5) is 29.4. The van der Waals surface area contributed by atoms with Crippen LogP contribution in [0.5, 0.6) is 11.5 Å². The van der Waals surface area contributed by atoms with Gasteiger partial charge >= 0.3 is 5.97 Å². The van der Waals surface area contributed by atoms with Gasteiger partial charge in [0.05, 0.1) is 23.8 Å². The van der Waals surface area contributed by atoms with Crippen LogP contribution in [-0.4, -0.2) is 62.8 Å². The second kappa shape index (κ2) is 10.5. The zero-order chi connectivity index (χ0) is 22.4. The van der Waals surface area contributed by atoms with Crippen LogP contribution in [0.3, 0.4) is 0 Å². The molecule has 2 aromatic carbocycles. The van der Waals surface area contributed by atoms with E-state index < -0.39 is 12.1 Å². The van der Waals surface area contributed by atoms with E-state index in [0.717, 1.165) is 18.8 Å². The Morgan fingerprint density at radius 2 is 1.77 bits per heavy atom. The summed E-state index contributed by atoms with van der Waals surface area (Å²) < 4.78 is 16.9. The number of halogens is 1. The van der Waals surface area contributed by atoms with E-state index in [0.29, 0.717) is 35.7 Å². The van der Waals surface area contributed by atoms with Crippen molar-refractivity contribution in [3.63, 3.8) is 0 Å². The fraction of sp³-hybridized carbons (Fsp3) is 0.391. The van der Waals surface area contributed by atoms with Gasteiger partial charge in [0.25, 0.3) is 5.91 Å². The first kappa shape index (κ1) is 22.9. The smallest absolute Gasteiger partial charge is 0.339 e. The van der Waals surface area contributed by atoms with E-state index >= 15 is 0 Å². The Morgan fingerprint density at radius 1 is 1.10 bits per heavy atom. The third-order valence-electron chi connectivity index (χ3n) is 5.10. The van der Waals surface area contributed by atoms with Crippen LogP contribution in [0.1, 0.15) is 24.2 Å². The number of ether oxygens (including phenoxy) is 3. The summed E-state index contributed by atoms with van der Waals surface area (Å²) in [7, 11) is 1.50. The summed E-state index contributed by atoms with van der Waals surface area (Å²) in [5.41, 5.74) is 1.42. The molecule has 1 atom stereocenters. The molecule has 8 heteroatoms. The Bertz CT molecular complexity index is 914. The van der Waals surface area contributed by atoms with Gasteiger partial charge in [-0.05, 0) is 54.0 Å². The maximum absolute atomic E-state index is 12.8. The highest BCUT2D eigenvalue weighted by Gasteiger charge is 2.28. The molecule has 0 aliphatic carbocycles. The highest BCUT2D eigenvalue weighted by Crippen LogP contribution is 2.37. The fourth-order valence-corrected chi connectivity index (χ4v) is 4.04. The van der Waals surface area contributed by atoms with Crippen molar-refractivity contribution in [2.45, 2.75) is 20.0 Å². The quantitative estimate of drug-likeness (QED) is 0.550. The first-order valence-corrected chi connectivity index (χ1v) is 11.0. The SMILES string of the molecule is CCOc1c(Br)cc(C(=O)OC(C)C(=O)N2CCN(c3ccccc3)CC2)cc1OC. The number of para-hydroxylation sites is 1. The van der Waals surface area contributed by atoms with E-state index in [1.54, 1.807) is 24.0 Å². The standard InChI is InChI=1S/C23H27BrN2O5/c1-4-30-21-19(24)14-17(15-20(21)29-3)23(28)31-16(2)22(27)26-12-10-25(11-13-26)18-8-6-5-7-9-18/h5-9,14-16H,4,10-13H2,1-3H3. The molecule has 1 unspecified atom stereocenters. The molecule has 0 radical (unpaired) electrons. The molecular weight excluding hydrogens is 464 g/mol. The molecule has 1 heterocycles. The number of nitrogens with zero attached hydrogens (tertiary/aromatic N) is 2. The molecule has 1 fully saturated rings. The summed E-state index contributed by atoms with van der Waals surface area (Å²) in [5, 5.41) is 0. The van der Waals surface area contributed by atoms with Gasteiger partial charge in [-0.3, -0.25) is 4.79 Å². The Balaban J connectivity index is 1.60. The molecule has 0 aromatic heterocycles. The van der Waals surface area contributed by atoms with Gasteiger partial charge in [-0.2, -0.15) is 0 Å². The van der Waals surface area contributed by atoms with Crippen molar-refractivity contribution in [1.29, 1.82) is 0 Å². The van der Waals surface area contributed by atoms with E-state index in [-0.39, 0.29) is 11.5 Å². The van der Waals surface area contributed by atoms with E-state index in [4.69, 9.17) is 14.2 Å². The van der Waals surface area contributed by atoms with Crippen molar-refractivity contribution < 1.29 is 23.8 Å². The number of esters is 1. The lowest BCUT2D eigenvalue weighted by atomic mass is 10.2. The summed E-state index contributed by atoms with van der Waals surface area (Å²) in [6.07, 6.45) is -0.882. The zero-order valence-corrected chi connectivity index (χ0v) is 19.6. The Morgan fingerprint density at radius 3 is 2.39 bits per heavy atom. The van der Waals surface area contributed by atoms with Crippen LogP contribution < -0.4 is 14.4 Å². The predicted octanol–water partition coefficient (Wildman–Crippen LogP) is 3.75. The van der Waals surface area contributed by atoms with Crippen LogP contribution in [0.25, 0.3) is 0 Å². The van der Waals surface area contributed by atoms with Crippen LogP contribution in [0, 0.1) is 0 Å². The Labute approximate surface area is 191 Å². The average Bonchev–Trinajstić information content (AvgIpc) is 2.80. The number of amides is 1. The van der Waals surface area contributed by atoms with Gasteiger partial charge in [-0.25, -0.2) is 4.79 Å². The molecule has 0 saturated carbocycles. The number of piperazine rings is 1. The second-order valence-corrected chi connectivity index (χ2v) is 7.97. The summed E-state index contributed by atoms with van der Waals surface area (Å²) in [6.45, 7) is 6.56. The maximum Gasteiger partial charge on any atom is 0.339 e. The van der Waals surface area contributed by atoms with Gasteiger partial charge in [0.1, 0.15) is 0 Å². The average molecular weight is 491 g/mol. The highest BCUT2D eigenvalue weighted by atomic mass is 79.9. The van der Waals surface area contributed by atoms with Crippen molar-refractivity contribution in [3.05, 3.63) is 52.5 Å². The topological polar surface area (TPSA) is 68.3 Å². The summed E-state index contributed by atoms with van der Waals surface area (Å²) >= 11 is 3.40. The minimum atomic E-state index is -0.882. The molecule has 1 aliphatic rings. The van der Waals surface area contributed by atoms with Gasteiger partial charge in [-0.1, -0.05) is 18.2 Å². The van der Waals surface area contributed by atoms with E-state index in [2.05, 4.69) is 33.0 Å². The van der Waals surface area contributed by atoms with Crippen LogP contribution in [0.4, 0.5) is 5.69 Å². The number of rotatable bonds is 7.